The van der Waals surface area contributed by atoms with Crippen LogP contribution in [0.15, 0.2) is 59.1 Å². The highest BCUT2D eigenvalue weighted by Crippen LogP contribution is 2.53. The molecule has 0 radical (unpaired) electrons. The SMILES string of the molecule is CN(C)c1cc(NC(=O)COCc2ccccc2)c(O)c2c1CC1CC3[C@H](N(C)C)C(O)=C(C(N)=O)C(=O)C3(O)C(O)=C1C2=O.Cl. The molecule has 0 saturated carbocycles. The van der Waals surface area contributed by atoms with E-state index in [1.54, 1.807) is 33.1 Å². The number of nitrogens with two attached hydrogens (primary N) is 1. The molecule has 0 aliphatic heterocycles. The second-order valence-corrected chi connectivity index (χ2v) is 12.0. The molecule has 46 heavy (non-hydrogen) atoms. The van der Waals surface area contributed by atoms with Gasteiger partial charge in [-0.05, 0) is 50.0 Å². The van der Waals surface area contributed by atoms with Gasteiger partial charge in [-0.25, -0.2) is 0 Å². The van der Waals surface area contributed by atoms with Crippen molar-refractivity contribution in [3.05, 3.63) is 75.8 Å². The first-order valence-electron chi connectivity index (χ1n) is 14.3. The number of aromatic hydroxyl groups is 1. The smallest absolute Gasteiger partial charge is 0.255 e. The first kappa shape index (κ1) is 34.4. The van der Waals surface area contributed by atoms with Gasteiger partial charge < -0.3 is 41.1 Å². The Hall–Kier alpha value is -4.43. The van der Waals surface area contributed by atoms with Crippen molar-refractivity contribution in [3.8, 4) is 5.75 Å². The minimum atomic E-state index is -2.74. The van der Waals surface area contributed by atoms with Crippen molar-refractivity contribution in [1.82, 2.24) is 4.90 Å². The van der Waals surface area contributed by atoms with E-state index in [1.807, 2.05) is 30.3 Å². The van der Waals surface area contributed by atoms with Crippen LogP contribution in [0.3, 0.4) is 0 Å². The lowest BCUT2D eigenvalue weighted by atomic mass is 9.58. The number of ether oxygens (including phenoxy) is 1. The van der Waals surface area contributed by atoms with Crippen LogP contribution in [0.2, 0.25) is 0 Å². The van der Waals surface area contributed by atoms with E-state index in [2.05, 4.69) is 5.32 Å². The quantitative estimate of drug-likeness (QED) is 0.178. The van der Waals surface area contributed by atoms with E-state index in [1.165, 1.54) is 11.0 Å². The number of aliphatic hydroxyl groups is 3. The fourth-order valence-corrected chi connectivity index (χ4v) is 6.82. The number of carbonyl (C=O) groups is 4. The number of nitrogens with zero attached hydrogens (tertiary/aromatic N) is 2. The van der Waals surface area contributed by atoms with E-state index < -0.39 is 69.7 Å². The Morgan fingerprint density at radius 1 is 1.09 bits per heavy atom. The molecule has 5 rings (SSSR count). The largest absolute Gasteiger partial charge is 0.510 e. The maximum absolute atomic E-state index is 14.1. The molecule has 4 atom stereocenters. The molecular formula is C32H37ClN4O9. The Balaban J connectivity index is 0.00000480. The van der Waals surface area contributed by atoms with Crippen LogP contribution in [0, 0.1) is 11.8 Å². The zero-order chi connectivity index (χ0) is 33.0. The fraction of sp³-hybridized carbons (Fsp3) is 0.375. The summed E-state index contributed by atoms with van der Waals surface area (Å²) in [6, 6.07) is 9.68. The molecular weight excluding hydrogens is 620 g/mol. The third-order valence-corrected chi connectivity index (χ3v) is 8.80. The van der Waals surface area contributed by atoms with Gasteiger partial charge in [0.25, 0.3) is 5.91 Å². The number of ketones is 2. The maximum Gasteiger partial charge on any atom is 0.255 e. The number of amides is 2. The number of halogens is 1. The highest BCUT2D eigenvalue weighted by Gasteiger charge is 2.63. The monoisotopic (exact) mass is 656 g/mol. The summed E-state index contributed by atoms with van der Waals surface area (Å²) >= 11 is 0. The second kappa shape index (κ2) is 12.8. The number of phenolic OH excluding ortho intramolecular Hbond substituents is 1. The Bertz CT molecular complexity index is 1670. The average molecular weight is 657 g/mol. The maximum atomic E-state index is 14.1. The third kappa shape index (κ3) is 5.49. The Labute approximate surface area is 271 Å². The van der Waals surface area contributed by atoms with Crippen LogP contribution in [-0.2, 0) is 32.1 Å². The van der Waals surface area contributed by atoms with E-state index >= 15 is 0 Å². The number of Topliss-reactive ketones (excluding diaryl/α,β-unsaturated/α-hetero) is 2. The average Bonchev–Trinajstić information content (AvgIpc) is 2.96. The molecule has 3 aliphatic carbocycles. The van der Waals surface area contributed by atoms with Gasteiger partial charge >= 0.3 is 0 Å². The number of rotatable bonds is 8. The Morgan fingerprint density at radius 2 is 1.74 bits per heavy atom. The van der Waals surface area contributed by atoms with Gasteiger partial charge in [0.2, 0.25) is 11.7 Å². The molecule has 0 bridgehead atoms. The van der Waals surface area contributed by atoms with Crippen molar-refractivity contribution in [2.24, 2.45) is 17.6 Å². The second-order valence-electron chi connectivity index (χ2n) is 12.0. The summed E-state index contributed by atoms with van der Waals surface area (Å²) in [5.41, 5.74) is 3.02. The summed E-state index contributed by atoms with van der Waals surface area (Å²) in [5.74, 6) is -8.04. The topological polar surface area (TPSA) is 203 Å². The molecule has 7 N–H and O–H groups in total. The van der Waals surface area contributed by atoms with E-state index in [0.717, 1.165) is 5.56 Å². The number of benzene rings is 2. The normalized spacial score (nSPS) is 23.7. The van der Waals surface area contributed by atoms with Crippen molar-refractivity contribution in [1.29, 1.82) is 0 Å². The fourth-order valence-electron chi connectivity index (χ4n) is 6.82. The summed E-state index contributed by atoms with van der Waals surface area (Å²) in [6.45, 7) is -0.154. The van der Waals surface area contributed by atoms with Crippen molar-refractivity contribution in [3.63, 3.8) is 0 Å². The number of hydrogen-bond donors (Lipinski definition) is 6. The van der Waals surface area contributed by atoms with Gasteiger partial charge in [-0.3, -0.25) is 24.1 Å². The van der Waals surface area contributed by atoms with Crippen LogP contribution in [0.5, 0.6) is 5.75 Å². The predicted molar refractivity (Wildman–Crippen MR) is 170 cm³/mol. The summed E-state index contributed by atoms with van der Waals surface area (Å²) in [4.78, 5) is 55.8. The first-order valence-corrected chi connectivity index (χ1v) is 14.3. The Kier molecular flexibility index (Phi) is 9.55. The molecule has 14 heteroatoms. The van der Waals surface area contributed by atoms with Crippen molar-refractivity contribution in [2.45, 2.75) is 31.1 Å². The molecule has 0 aromatic heterocycles. The number of carbonyl (C=O) groups excluding carboxylic acids is 4. The van der Waals surface area contributed by atoms with Crippen LogP contribution in [0.1, 0.15) is 27.9 Å². The molecule has 2 amide bonds. The number of phenols is 1. The van der Waals surface area contributed by atoms with E-state index in [-0.39, 0.29) is 55.3 Å². The lowest BCUT2D eigenvalue weighted by Crippen LogP contribution is -2.63. The number of primary amides is 1. The van der Waals surface area contributed by atoms with Crippen molar-refractivity contribution < 1.29 is 44.3 Å². The number of nitrogens with one attached hydrogen (secondary N) is 1. The highest BCUT2D eigenvalue weighted by molar-refractivity contribution is 6.25. The van der Waals surface area contributed by atoms with Gasteiger partial charge in [-0.1, -0.05) is 30.3 Å². The van der Waals surface area contributed by atoms with Gasteiger partial charge in [0, 0.05) is 31.3 Å². The molecule has 0 spiro atoms. The van der Waals surface area contributed by atoms with E-state index in [9.17, 15) is 39.6 Å². The van der Waals surface area contributed by atoms with E-state index in [0.29, 0.717) is 11.3 Å². The predicted octanol–water partition coefficient (Wildman–Crippen LogP) is 1.76. The zero-order valence-electron chi connectivity index (χ0n) is 25.7. The summed E-state index contributed by atoms with van der Waals surface area (Å²) in [5, 5.41) is 48.1. The number of allylic oxidation sites excluding steroid dienone is 1. The van der Waals surface area contributed by atoms with Crippen LogP contribution < -0.4 is 16.0 Å². The van der Waals surface area contributed by atoms with Crippen LogP contribution in [-0.4, -0.2) is 95.1 Å². The number of aliphatic hydroxyl groups excluding tert-OH is 2. The van der Waals surface area contributed by atoms with Crippen molar-refractivity contribution >= 4 is 47.2 Å². The lowest BCUT2D eigenvalue weighted by molar-refractivity contribution is -0.148. The molecule has 246 valence electrons. The highest BCUT2D eigenvalue weighted by atomic mass is 35.5. The van der Waals surface area contributed by atoms with Crippen LogP contribution in [0.25, 0.3) is 0 Å². The van der Waals surface area contributed by atoms with Gasteiger partial charge in [-0.15, -0.1) is 12.4 Å². The van der Waals surface area contributed by atoms with Gasteiger partial charge in [-0.2, -0.15) is 0 Å². The van der Waals surface area contributed by atoms with E-state index in [4.69, 9.17) is 10.5 Å². The first-order chi connectivity index (χ1) is 21.2. The third-order valence-electron chi connectivity index (χ3n) is 8.80. The minimum absolute atomic E-state index is 0. The standard InChI is InChI=1S/C32H36N4O9.ClH/c1-35(2)20-12-19(34-21(37)14-45-13-15-8-6-5-7-9-15)26(38)23-17(20)10-16-11-18-25(36(3)4)28(40)24(31(33)43)30(42)32(18,44)29(41)22(16)27(23)39;/h5-9,12,16,18,25,38,40-41,44H,10-11,13-14H2,1-4H3,(H2,33,43)(H,34,37);1H/t16?,18?,25-,32?;/m0./s1. The zero-order valence-corrected chi connectivity index (χ0v) is 26.6. The molecule has 2 aromatic rings. The molecule has 2 aromatic carbocycles. The summed E-state index contributed by atoms with van der Waals surface area (Å²) in [6.07, 6.45) is 0.0840. The molecule has 13 nitrogen and oxygen atoms in total. The number of anilines is 2. The van der Waals surface area contributed by atoms with Gasteiger partial charge in [0.1, 0.15) is 23.7 Å². The molecule has 3 aliphatic rings. The summed E-state index contributed by atoms with van der Waals surface area (Å²) in [7, 11) is 6.59. The molecule has 3 unspecified atom stereocenters. The summed E-state index contributed by atoms with van der Waals surface area (Å²) < 4.78 is 5.49. The van der Waals surface area contributed by atoms with Crippen LogP contribution in [0.4, 0.5) is 11.4 Å². The Morgan fingerprint density at radius 3 is 2.33 bits per heavy atom. The van der Waals surface area contributed by atoms with Crippen molar-refractivity contribution in [2.75, 3.05) is 45.0 Å². The lowest BCUT2D eigenvalue weighted by Gasteiger charge is -2.50. The molecule has 0 fully saturated rings. The van der Waals surface area contributed by atoms with Gasteiger partial charge in [0.15, 0.2) is 17.1 Å². The van der Waals surface area contributed by atoms with Crippen LogP contribution >= 0.6 is 12.4 Å². The van der Waals surface area contributed by atoms with Gasteiger partial charge in [0.05, 0.1) is 23.9 Å². The molecule has 0 saturated heterocycles. The number of likely N-dealkylation sites (N-methyl/N-ethyl adjacent to an activating group) is 1. The number of hydrogen-bond acceptors (Lipinski definition) is 11. The number of fused-ring (bicyclic) bond motifs is 3. The minimum Gasteiger partial charge on any atom is -0.510 e. The molecule has 0 heterocycles.